The van der Waals surface area contributed by atoms with E-state index in [1.165, 1.54) is 6.08 Å². The zero-order valence-corrected chi connectivity index (χ0v) is 8.83. The van der Waals surface area contributed by atoms with Gasteiger partial charge in [0.05, 0.1) is 0 Å². The van der Waals surface area contributed by atoms with Crippen molar-refractivity contribution < 1.29 is 14.6 Å². The van der Waals surface area contributed by atoms with Gasteiger partial charge in [-0.05, 0) is 30.8 Å². The largest absolute Gasteiger partial charge is 0.452 e. The molecule has 0 unspecified atom stereocenters. The average Bonchev–Trinajstić information content (AvgIpc) is 2.25. The number of hydrogen-bond acceptors (Lipinski definition) is 3. The Morgan fingerprint density at radius 3 is 2.79 bits per heavy atom. The number of esters is 1. The van der Waals surface area contributed by atoms with Crippen LogP contribution in [0.25, 0.3) is 0 Å². The van der Waals surface area contributed by atoms with Gasteiger partial charge in [0.15, 0.2) is 6.10 Å². The Bertz CT molecular complexity index is 312. The fourth-order valence-electron chi connectivity index (χ4n) is 2.80. The first kappa shape index (κ1) is 9.71. The van der Waals surface area contributed by atoms with Gasteiger partial charge in [-0.1, -0.05) is 13.8 Å². The van der Waals surface area contributed by atoms with Crippen molar-refractivity contribution in [2.45, 2.75) is 45.3 Å². The minimum absolute atomic E-state index is 0.0415. The molecule has 3 nitrogen and oxygen atoms in total. The molecule has 0 amide bonds. The van der Waals surface area contributed by atoms with Gasteiger partial charge in [-0.25, -0.2) is 4.79 Å². The van der Waals surface area contributed by atoms with Gasteiger partial charge in [-0.3, -0.25) is 0 Å². The fraction of sp³-hybridized carbons (Fsp3) is 0.727. The van der Waals surface area contributed by atoms with Gasteiger partial charge in [-0.2, -0.15) is 0 Å². The summed E-state index contributed by atoms with van der Waals surface area (Å²) in [5.41, 5.74) is 0.0655. The highest BCUT2D eigenvalue weighted by atomic mass is 16.6. The van der Waals surface area contributed by atoms with Crippen LogP contribution in [0.1, 0.15) is 33.6 Å². The van der Waals surface area contributed by atoms with Gasteiger partial charge in [0.25, 0.3) is 0 Å². The molecule has 2 rings (SSSR count). The van der Waals surface area contributed by atoms with Crippen molar-refractivity contribution in [3.8, 4) is 0 Å². The molecule has 1 fully saturated rings. The minimum atomic E-state index is -0.917. The van der Waals surface area contributed by atoms with Crippen molar-refractivity contribution >= 4 is 5.97 Å². The third-order valence-electron chi connectivity index (χ3n) is 2.96. The van der Waals surface area contributed by atoms with E-state index in [1.807, 2.05) is 0 Å². The van der Waals surface area contributed by atoms with Crippen LogP contribution in [0, 0.1) is 5.41 Å². The number of ether oxygens (including phenoxy) is 1. The number of rotatable bonds is 0. The number of aliphatic hydroxyl groups is 1. The lowest BCUT2D eigenvalue weighted by Crippen LogP contribution is -2.48. The Morgan fingerprint density at radius 1 is 1.50 bits per heavy atom. The Kier molecular flexibility index (Phi) is 1.80. The summed E-state index contributed by atoms with van der Waals surface area (Å²) in [5, 5.41) is 10.2. The van der Waals surface area contributed by atoms with Crippen LogP contribution < -0.4 is 0 Å². The molecular formula is C11H16O3. The fourth-order valence-corrected chi connectivity index (χ4v) is 2.80. The van der Waals surface area contributed by atoms with E-state index in [0.717, 1.165) is 12.0 Å². The highest BCUT2D eigenvalue weighted by molar-refractivity contribution is 5.86. The van der Waals surface area contributed by atoms with Crippen LogP contribution in [0.4, 0.5) is 0 Å². The third kappa shape index (κ3) is 1.46. The third-order valence-corrected chi connectivity index (χ3v) is 2.96. The van der Waals surface area contributed by atoms with E-state index in [4.69, 9.17) is 4.74 Å². The molecule has 78 valence electrons. The van der Waals surface area contributed by atoms with Gasteiger partial charge in [0, 0.05) is 6.08 Å². The smallest absolute Gasteiger partial charge is 0.331 e. The maximum atomic E-state index is 11.1. The van der Waals surface area contributed by atoms with Crippen LogP contribution in [0.3, 0.4) is 0 Å². The summed E-state index contributed by atoms with van der Waals surface area (Å²) in [6, 6.07) is 0. The van der Waals surface area contributed by atoms with Gasteiger partial charge >= 0.3 is 5.97 Å². The Labute approximate surface area is 83.8 Å². The van der Waals surface area contributed by atoms with Gasteiger partial charge < -0.3 is 9.84 Å². The van der Waals surface area contributed by atoms with Gasteiger partial charge in [0.1, 0.15) is 5.60 Å². The quantitative estimate of drug-likeness (QED) is 0.596. The molecule has 3 heteroatoms. The topological polar surface area (TPSA) is 46.5 Å². The molecular weight excluding hydrogens is 180 g/mol. The lowest BCUT2D eigenvalue weighted by Gasteiger charge is -2.43. The highest BCUT2D eigenvalue weighted by Gasteiger charge is 2.49. The molecule has 1 N–H and O–H groups in total. The summed E-state index contributed by atoms with van der Waals surface area (Å²) in [4.78, 5) is 11.1. The molecule has 14 heavy (non-hydrogen) atoms. The van der Waals surface area contributed by atoms with Crippen LogP contribution in [0.5, 0.6) is 0 Å². The predicted octanol–water partition coefficient (Wildman–Crippen LogP) is 1.41. The summed E-state index contributed by atoms with van der Waals surface area (Å²) in [6.45, 7) is 5.94. The van der Waals surface area contributed by atoms with Crippen LogP contribution in [0.2, 0.25) is 0 Å². The average molecular weight is 196 g/mol. The molecule has 0 saturated heterocycles. The van der Waals surface area contributed by atoms with Crippen molar-refractivity contribution in [3.63, 3.8) is 0 Å². The SMILES string of the molecule is CC1(C)CC2=CC(=O)O[C@H]2[C@](C)(O)C1. The van der Waals surface area contributed by atoms with Crippen molar-refractivity contribution in [1.82, 2.24) is 0 Å². The van der Waals surface area contributed by atoms with E-state index < -0.39 is 11.7 Å². The van der Waals surface area contributed by atoms with E-state index in [2.05, 4.69) is 13.8 Å². The molecule has 0 spiro atoms. The first-order valence-corrected chi connectivity index (χ1v) is 4.94. The Balaban J connectivity index is 2.35. The lowest BCUT2D eigenvalue weighted by molar-refractivity contribution is -0.155. The maximum absolute atomic E-state index is 11.1. The molecule has 0 aromatic heterocycles. The van der Waals surface area contributed by atoms with Crippen molar-refractivity contribution in [3.05, 3.63) is 11.6 Å². The summed E-state index contributed by atoms with van der Waals surface area (Å²) in [6.07, 6.45) is 2.61. The number of fused-ring (bicyclic) bond motifs is 1. The zero-order valence-electron chi connectivity index (χ0n) is 8.83. The lowest BCUT2D eigenvalue weighted by atomic mass is 9.67. The zero-order chi connectivity index (χ0) is 10.6. The monoisotopic (exact) mass is 196 g/mol. The van der Waals surface area contributed by atoms with Crippen LogP contribution in [-0.4, -0.2) is 22.8 Å². The van der Waals surface area contributed by atoms with E-state index in [9.17, 15) is 9.90 Å². The summed E-state index contributed by atoms with van der Waals surface area (Å²) in [7, 11) is 0. The first-order valence-electron chi connectivity index (χ1n) is 4.94. The standard InChI is InChI=1S/C11H16O3/c1-10(2)5-7-4-8(12)14-9(7)11(3,13)6-10/h4,9,13H,5-6H2,1-3H3/t9-,11-/m1/s1. The second kappa shape index (κ2) is 2.60. The normalized spacial score (nSPS) is 40.1. The van der Waals surface area contributed by atoms with Gasteiger partial charge in [-0.15, -0.1) is 0 Å². The van der Waals surface area contributed by atoms with Crippen LogP contribution >= 0.6 is 0 Å². The number of carbonyl (C=O) groups excluding carboxylic acids is 1. The summed E-state index contributed by atoms with van der Waals surface area (Å²) in [5.74, 6) is -0.317. The molecule has 0 aromatic rings. The number of hydrogen-bond donors (Lipinski definition) is 1. The van der Waals surface area contributed by atoms with Crippen LogP contribution in [-0.2, 0) is 9.53 Å². The molecule has 1 heterocycles. The molecule has 1 saturated carbocycles. The predicted molar refractivity (Wildman–Crippen MR) is 51.6 cm³/mol. The Morgan fingerprint density at radius 2 is 2.14 bits per heavy atom. The Hall–Kier alpha value is -0.830. The molecule has 1 aliphatic carbocycles. The molecule has 1 aliphatic heterocycles. The van der Waals surface area contributed by atoms with E-state index in [1.54, 1.807) is 6.92 Å². The van der Waals surface area contributed by atoms with Crippen LogP contribution in [0.15, 0.2) is 11.6 Å². The molecule has 2 aliphatic rings. The van der Waals surface area contributed by atoms with Crippen molar-refractivity contribution in [1.29, 1.82) is 0 Å². The second-order valence-electron chi connectivity index (χ2n) is 5.41. The first-order chi connectivity index (χ1) is 6.30. The molecule has 2 atom stereocenters. The highest BCUT2D eigenvalue weighted by Crippen LogP contribution is 2.46. The van der Waals surface area contributed by atoms with E-state index in [-0.39, 0.29) is 11.4 Å². The van der Waals surface area contributed by atoms with E-state index in [0.29, 0.717) is 6.42 Å². The summed E-state index contributed by atoms with van der Waals surface area (Å²) < 4.78 is 5.09. The maximum Gasteiger partial charge on any atom is 0.331 e. The van der Waals surface area contributed by atoms with Gasteiger partial charge in [0.2, 0.25) is 0 Å². The molecule has 0 bridgehead atoms. The number of carbonyl (C=O) groups is 1. The second-order valence-corrected chi connectivity index (χ2v) is 5.41. The minimum Gasteiger partial charge on any atom is -0.452 e. The van der Waals surface area contributed by atoms with E-state index >= 15 is 0 Å². The molecule has 0 radical (unpaired) electrons. The summed E-state index contributed by atoms with van der Waals surface area (Å²) >= 11 is 0. The van der Waals surface area contributed by atoms with Crippen molar-refractivity contribution in [2.24, 2.45) is 5.41 Å². The van der Waals surface area contributed by atoms with Crippen molar-refractivity contribution in [2.75, 3.05) is 0 Å². The molecule has 0 aromatic carbocycles.